The number of carbonyl (C=O) groups is 5. The van der Waals surface area contributed by atoms with Crippen LogP contribution in [0, 0.1) is 5.92 Å². The third-order valence-electron chi connectivity index (χ3n) is 6.06. The van der Waals surface area contributed by atoms with E-state index in [0.717, 1.165) is 0 Å². The first-order valence-corrected chi connectivity index (χ1v) is 12.1. The Labute approximate surface area is 210 Å². The molecule has 1 aromatic carbocycles. The highest BCUT2D eigenvalue weighted by molar-refractivity contribution is 5.94. The molecule has 3 amide bonds. The van der Waals surface area contributed by atoms with E-state index in [1.54, 1.807) is 30.3 Å². The van der Waals surface area contributed by atoms with Crippen LogP contribution in [0.25, 0.3) is 0 Å². The second-order valence-corrected chi connectivity index (χ2v) is 9.51. The summed E-state index contributed by atoms with van der Waals surface area (Å²) in [6.07, 6.45) is 0.790. The van der Waals surface area contributed by atoms with E-state index in [2.05, 4.69) is 10.6 Å². The lowest BCUT2D eigenvalue weighted by atomic mass is 10.0. The van der Waals surface area contributed by atoms with Crippen molar-refractivity contribution in [2.45, 2.75) is 76.5 Å². The van der Waals surface area contributed by atoms with Crippen molar-refractivity contribution in [1.82, 2.24) is 15.5 Å². The van der Waals surface area contributed by atoms with Crippen LogP contribution in [0.4, 0.5) is 0 Å². The number of amides is 3. The van der Waals surface area contributed by atoms with Gasteiger partial charge < -0.3 is 31.5 Å². The molecule has 1 aromatic rings. The van der Waals surface area contributed by atoms with Crippen molar-refractivity contribution >= 4 is 29.7 Å². The number of carbonyl (C=O) groups excluding carboxylic acids is 3. The number of rotatable bonds is 13. The second-order valence-electron chi connectivity index (χ2n) is 9.51. The number of hydrogen-bond donors (Lipinski definition) is 5. The van der Waals surface area contributed by atoms with Crippen molar-refractivity contribution in [2.24, 2.45) is 11.7 Å². The molecule has 4 atom stereocenters. The molecule has 1 fully saturated rings. The maximum Gasteiger partial charge on any atom is 0.326 e. The van der Waals surface area contributed by atoms with Gasteiger partial charge in [-0.25, -0.2) is 4.79 Å². The van der Waals surface area contributed by atoms with E-state index >= 15 is 0 Å². The maximum atomic E-state index is 13.1. The number of nitrogens with two attached hydrogens (primary N) is 1. The summed E-state index contributed by atoms with van der Waals surface area (Å²) in [6.45, 7) is 4.23. The molecule has 1 aliphatic heterocycles. The summed E-state index contributed by atoms with van der Waals surface area (Å²) in [5.41, 5.74) is 6.72. The smallest absolute Gasteiger partial charge is 0.326 e. The Balaban J connectivity index is 2.12. The van der Waals surface area contributed by atoms with Gasteiger partial charge in [0.1, 0.15) is 18.1 Å². The van der Waals surface area contributed by atoms with E-state index < -0.39 is 54.3 Å². The summed E-state index contributed by atoms with van der Waals surface area (Å²) < 4.78 is 0. The van der Waals surface area contributed by atoms with E-state index in [0.29, 0.717) is 31.4 Å². The van der Waals surface area contributed by atoms with Gasteiger partial charge in [-0.2, -0.15) is 0 Å². The Bertz CT molecular complexity index is 938. The number of likely N-dealkylation sites (tertiary alicyclic amines) is 1. The van der Waals surface area contributed by atoms with E-state index in [4.69, 9.17) is 10.8 Å². The van der Waals surface area contributed by atoms with Gasteiger partial charge in [0, 0.05) is 19.4 Å². The Morgan fingerprint density at radius 2 is 1.72 bits per heavy atom. The van der Waals surface area contributed by atoms with Crippen molar-refractivity contribution < 1.29 is 34.2 Å². The number of nitrogens with zero attached hydrogens (tertiary/aromatic N) is 1. The van der Waals surface area contributed by atoms with Gasteiger partial charge in [-0.3, -0.25) is 19.2 Å². The highest BCUT2D eigenvalue weighted by atomic mass is 16.4. The molecule has 0 radical (unpaired) electrons. The average molecular weight is 505 g/mol. The monoisotopic (exact) mass is 504 g/mol. The Morgan fingerprint density at radius 1 is 1.06 bits per heavy atom. The van der Waals surface area contributed by atoms with Gasteiger partial charge in [0.15, 0.2) is 0 Å². The number of carboxylic acid groups (broad SMARTS) is 2. The first-order chi connectivity index (χ1) is 17.0. The molecule has 11 nitrogen and oxygen atoms in total. The van der Waals surface area contributed by atoms with Gasteiger partial charge in [-0.05, 0) is 37.2 Å². The van der Waals surface area contributed by atoms with Crippen molar-refractivity contribution in [3.05, 3.63) is 35.9 Å². The predicted molar refractivity (Wildman–Crippen MR) is 131 cm³/mol. The van der Waals surface area contributed by atoms with Crippen LogP contribution in [0.3, 0.4) is 0 Å². The molecule has 198 valence electrons. The van der Waals surface area contributed by atoms with Crippen LogP contribution in [0.1, 0.15) is 51.5 Å². The standard InChI is InChI=1S/C25H36N4O7/c1-15(2)13-17(26)24(34)29-12-6-9-20(29)23(33)27-18(10-11-21(30)31)22(32)28-19(25(35)36)14-16-7-4-3-5-8-16/h3-5,7-8,15,17-20H,6,9-14,26H2,1-2H3,(H,27,33)(H,28,32)(H,30,31)(H,35,36). The molecule has 1 saturated heterocycles. The van der Waals surface area contributed by atoms with E-state index in [-0.39, 0.29) is 24.7 Å². The summed E-state index contributed by atoms with van der Waals surface area (Å²) in [6, 6.07) is 4.57. The van der Waals surface area contributed by atoms with Gasteiger partial charge >= 0.3 is 11.9 Å². The number of hydrogen-bond acceptors (Lipinski definition) is 6. The molecule has 0 spiro atoms. The first-order valence-electron chi connectivity index (χ1n) is 12.1. The summed E-state index contributed by atoms with van der Waals surface area (Å²) in [5.74, 6) is -3.98. The molecule has 0 aromatic heterocycles. The molecule has 4 unspecified atom stereocenters. The summed E-state index contributed by atoms with van der Waals surface area (Å²) in [5, 5.41) is 23.6. The van der Waals surface area contributed by atoms with Gasteiger partial charge in [-0.15, -0.1) is 0 Å². The topological polar surface area (TPSA) is 179 Å². The second kappa shape index (κ2) is 13.6. The molecule has 6 N–H and O–H groups in total. The summed E-state index contributed by atoms with van der Waals surface area (Å²) in [4.78, 5) is 63.2. The van der Waals surface area contributed by atoms with E-state index in [1.165, 1.54) is 4.90 Å². The zero-order valence-corrected chi connectivity index (χ0v) is 20.7. The van der Waals surface area contributed by atoms with Crippen LogP contribution in [0.2, 0.25) is 0 Å². The van der Waals surface area contributed by atoms with Crippen molar-refractivity contribution in [2.75, 3.05) is 6.54 Å². The first kappa shape index (κ1) is 28.8. The lowest BCUT2D eigenvalue weighted by Gasteiger charge is -2.29. The van der Waals surface area contributed by atoms with Crippen LogP contribution >= 0.6 is 0 Å². The zero-order valence-electron chi connectivity index (χ0n) is 20.7. The molecule has 1 heterocycles. The minimum Gasteiger partial charge on any atom is -0.481 e. The van der Waals surface area contributed by atoms with Crippen LogP contribution in [-0.4, -0.2) is 75.5 Å². The van der Waals surface area contributed by atoms with Crippen molar-refractivity contribution in [1.29, 1.82) is 0 Å². The quantitative estimate of drug-likeness (QED) is 0.258. The summed E-state index contributed by atoms with van der Waals surface area (Å²) >= 11 is 0. The normalized spacial score (nSPS) is 17.8. The lowest BCUT2D eigenvalue weighted by Crippen LogP contribution is -2.57. The molecule has 11 heteroatoms. The molecule has 2 rings (SSSR count). The van der Waals surface area contributed by atoms with E-state index in [1.807, 2.05) is 13.8 Å². The van der Waals surface area contributed by atoms with Gasteiger partial charge in [0.05, 0.1) is 6.04 Å². The molecule has 0 saturated carbocycles. The Hall–Kier alpha value is -3.47. The number of carboxylic acids is 2. The highest BCUT2D eigenvalue weighted by Gasteiger charge is 2.38. The van der Waals surface area contributed by atoms with Crippen LogP contribution in [-0.2, 0) is 30.4 Å². The summed E-state index contributed by atoms with van der Waals surface area (Å²) in [7, 11) is 0. The lowest BCUT2D eigenvalue weighted by molar-refractivity contribution is -0.143. The van der Waals surface area contributed by atoms with E-state index in [9.17, 15) is 29.1 Å². The van der Waals surface area contributed by atoms with Gasteiger partial charge in [0.25, 0.3) is 0 Å². The number of aliphatic carboxylic acids is 2. The SMILES string of the molecule is CC(C)CC(N)C(=O)N1CCCC1C(=O)NC(CCC(=O)O)C(=O)NC(Cc1ccccc1)C(=O)O. The fourth-order valence-corrected chi connectivity index (χ4v) is 4.25. The fourth-order valence-electron chi connectivity index (χ4n) is 4.25. The van der Waals surface area contributed by atoms with Crippen molar-refractivity contribution in [3.8, 4) is 0 Å². The third kappa shape index (κ3) is 8.63. The van der Waals surface area contributed by atoms with Gasteiger partial charge in [-0.1, -0.05) is 44.2 Å². The number of nitrogens with one attached hydrogen (secondary N) is 2. The fraction of sp³-hybridized carbons (Fsp3) is 0.560. The van der Waals surface area contributed by atoms with Gasteiger partial charge in [0.2, 0.25) is 17.7 Å². The largest absolute Gasteiger partial charge is 0.481 e. The average Bonchev–Trinajstić information content (AvgIpc) is 3.30. The van der Waals surface area contributed by atoms with Crippen LogP contribution in [0.15, 0.2) is 30.3 Å². The molecule has 1 aliphatic rings. The Morgan fingerprint density at radius 3 is 2.31 bits per heavy atom. The van der Waals surface area contributed by atoms with Crippen LogP contribution in [0.5, 0.6) is 0 Å². The number of benzene rings is 1. The minimum atomic E-state index is -1.28. The molecule has 0 aliphatic carbocycles. The molecular formula is C25H36N4O7. The van der Waals surface area contributed by atoms with Crippen LogP contribution < -0.4 is 16.4 Å². The Kier molecular flexibility index (Phi) is 10.8. The predicted octanol–water partition coefficient (Wildman–Crippen LogP) is 0.513. The third-order valence-corrected chi connectivity index (χ3v) is 6.06. The van der Waals surface area contributed by atoms with Crippen molar-refractivity contribution in [3.63, 3.8) is 0 Å². The maximum absolute atomic E-state index is 13.1. The minimum absolute atomic E-state index is 0.0140. The molecule has 0 bridgehead atoms. The zero-order chi connectivity index (χ0) is 26.8. The molecule has 36 heavy (non-hydrogen) atoms. The highest BCUT2D eigenvalue weighted by Crippen LogP contribution is 2.20. The molecular weight excluding hydrogens is 468 g/mol.